The van der Waals surface area contributed by atoms with E-state index in [0.29, 0.717) is 12.8 Å². The normalized spacial score (nSPS) is 37.2. The Morgan fingerprint density at radius 3 is 2.10 bits per heavy atom. The van der Waals surface area contributed by atoms with Gasteiger partial charge in [0.15, 0.2) is 0 Å². The molecule has 0 amide bonds. The molecule has 0 aromatic rings. The van der Waals surface area contributed by atoms with Crippen LogP contribution in [-0.4, -0.2) is 46.5 Å². The molecule has 0 bridgehead atoms. The zero-order valence-electron chi connectivity index (χ0n) is 24.8. The van der Waals surface area contributed by atoms with Gasteiger partial charge in [-0.2, -0.15) is 0 Å². The SMILES string of the molecule is CCC(=O)C1(C)C(O)CC2OCC2(O)C1C(C)C1CC(OP(P(P)P(P)P)P(P(P)P)P(P)P)C(C)=CC1(C)C.[Ac]. The van der Waals surface area contributed by atoms with E-state index in [1.165, 1.54) is 5.57 Å². The number of allylic oxidation sites excluding steroid dienone is 1. The summed E-state index contributed by atoms with van der Waals surface area (Å²) in [6, 6.07) is 0. The zero-order chi connectivity index (χ0) is 30.5. The average molecular weight is 1020 g/mol. The maximum absolute atomic E-state index is 13.5. The van der Waals surface area contributed by atoms with Gasteiger partial charge in [-0.05, 0) is 64.1 Å². The fourth-order valence-electron chi connectivity index (χ4n) is 7.28. The van der Waals surface area contributed by atoms with E-state index in [1.807, 2.05) is 13.8 Å². The van der Waals surface area contributed by atoms with E-state index in [4.69, 9.17) is 9.26 Å². The van der Waals surface area contributed by atoms with E-state index in [-0.39, 0.29) is 115 Å². The summed E-state index contributed by atoms with van der Waals surface area (Å²) in [5.41, 5.74) is -0.977. The molecule has 1 aliphatic heterocycles. The summed E-state index contributed by atoms with van der Waals surface area (Å²) in [4.78, 5) is 13.5. The molecule has 1 radical (unpaired) electrons. The molecule has 17 unspecified atom stereocenters. The number of aliphatic hydroxyl groups excluding tert-OH is 1. The third-order valence-corrected chi connectivity index (χ3v) is 80.0. The number of carbonyl (C=O) groups is 1. The van der Waals surface area contributed by atoms with Crippen molar-refractivity contribution in [2.45, 2.75) is 84.7 Å². The number of fused-ring (bicyclic) bond motifs is 1. The van der Waals surface area contributed by atoms with Crippen LogP contribution in [0.2, 0.25) is 0 Å². The molecule has 1 heterocycles. The monoisotopic (exact) mass is 1020 g/mol. The molecule has 41 heavy (non-hydrogen) atoms. The average Bonchev–Trinajstić information content (AvgIpc) is 2.84. The second kappa shape index (κ2) is 17.7. The Kier molecular flexibility index (Phi) is 18.7. The summed E-state index contributed by atoms with van der Waals surface area (Å²) in [6.45, 7) is 11.5. The minimum atomic E-state index is -1.10. The number of ketones is 1. The van der Waals surface area contributed by atoms with Crippen molar-refractivity contribution in [1.82, 2.24) is 0 Å². The van der Waals surface area contributed by atoms with Crippen LogP contribution >= 0.6 is 105 Å². The van der Waals surface area contributed by atoms with E-state index in [1.54, 1.807) is 0 Å². The summed E-state index contributed by atoms with van der Waals surface area (Å²) in [5, 5.41) is 23.4. The third kappa shape index (κ3) is 9.21. The summed E-state index contributed by atoms with van der Waals surface area (Å²) in [5.74, 6) is -0.219. The van der Waals surface area contributed by atoms with Crippen molar-refractivity contribution in [2.24, 2.45) is 28.6 Å². The molecule has 2 N–H and O–H groups in total. The fraction of sp³-hybridized carbons (Fsp3) is 0.864. The smallest absolute Gasteiger partial charge is 0.141 e. The molecular weight excluding hydrogens is 974 g/mol. The largest absolute Gasteiger partial charge is 0.392 e. The van der Waals surface area contributed by atoms with Crippen LogP contribution in [0.5, 0.6) is 0 Å². The predicted octanol–water partition coefficient (Wildman–Crippen LogP) is 10.4. The van der Waals surface area contributed by atoms with E-state index in [9.17, 15) is 15.0 Å². The van der Waals surface area contributed by atoms with Crippen LogP contribution in [0, 0.1) is 72.6 Å². The summed E-state index contributed by atoms with van der Waals surface area (Å²) in [6.07, 6.45) is 2.64. The van der Waals surface area contributed by atoms with Gasteiger partial charge in [-0.3, -0.25) is 4.79 Å². The topological polar surface area (TPSA) is 76.0 Å². The number of aliphatic hydroxyl groups is 2. The Hall–Kier alpha value is 6.28. The Bertz CT molecular complexity index is 953. The molecule has 3 aliphatic rings. The number of ether oxygens (including phenoxy) is 1. The first-order chi connectivity index (χ1) is 18.3. The van der Waals surface area contributed by atoms with Gasteiger partial charge in [0.05, 0.1) is 37.9 Å². The Morgan fingerprint density at radius 1 is 1.10 bits per heavy atom. The Labute approximate surface area is 307 Å². The molecule has 17 atom stereocenters. The molecule has 1 saturated carbocycles. The minimum Gasteiger partial charge on any atom is -0.392 e. The van der Waals surface area contributed by atoms with Crippen molar-refractivity contribution < 1.29 is 68.3 Å². The van der Waals surface area contributed by atoms with Gasteiger partial charge in [-0.1, -0.05) is 42.7 Å². The van der Waals surface area contributed by atoms with Crippen molar-refractivity contribution >= 4 is 111 Å². The number of hydrogen-bond donors (Lipinski definition) is 2. The van der Waals surface area contributed by atoms with Gasteiger partial charge in [0.2, 0.25) is 0 Å². The first-order valence-electron chi connectivity index (χ1n) is 13.3. The Morgan fingerprint density at radius 2 is 1.66 bits per heavy atom. The molecule has 2 fully saturated rings. The van der Waals surface area contributed by atoms with Gasteiger partial charge in [0.1, 0.15) is 11.4 Å². The van der Waals surface area contributed by atoms with Gasteiger partial charge in [-0.15, -0.1) is 53.6 Å². The van der Waals surface area contributed by atoms with E-state index in [0.717, 1.165) is 6.42 Å². The standard InChI is InChI=1S/C22H49O5P13.Ac/c1-7-16(23)21(6)17(24)9-18-22(25,11-26-18)19(21)13(3)14-8-15(12(2)10-20(14,4)5)27-35(39(34)36(28)29)40(37(30)31)38(32)33;/h10,13-15,17-19,24-25H,7-9,11,28-34H2,1-6H3;. The third-order valence-electron chi connectivity index (χ3n) is 9.20. The van der Waals surface area contributed by atoms with Gasteiger partial charge in [0, 0.05) is 76.8 Å². The van der Waals surface area contributed by atoms with Crippen molar-refractivity contribution in [3.63, 3.8) is 0 Å². The Balaban J connectivity index is 0.00000588. The molecule has 0 aromatic carbocycles. The van der Waals surface area contributed by atoms with Crippen LogP contribution in [0.4, 0.5) is 0 Å². The molecule has 0 spiro atoms. The number of hydrogen-bond acceptors (Lipinski definition) is 5. The molecule has 2 aliphatic carbocycles. The predicted molar refractivity (Wildman–Crippen MR) is 211 cm³/mol. The molecule has 235 valence electrons. The molecule has 3 rings (SSSR count). The summed E-state index contributed by atoms with van der Waals surface area (Å²) in [7, 11) is 21.0. The summed E-state index contributed by atoms with van der Waals surface area (Å²) < 4.78 is 13.1. The maximum atomic E-state index is 13.5. The van der Waals surface area contributed by atoms with Crippen molar-refractivity contribution in [3.8, 4) is 0 Å². The van der Waals surface area contributed by atoms with Gasteiger partial charge < -0.3 is 19.5 Å². The van der Waals surface area contributed by atoms with Crippen molar-refractivity contribution in [3.05, 3.63) is 11.6 Å². The molecule has 0 aromatic heterocycles. The van der Waals surface area contributed by atoms with E-state index in [2.05, 4.69) is 96.3 Å². The molecule has 19 heteroatoms. The second-order valence-electron chi connectivity index (χ2n) is 12.1. The van der Waals surface area contributed by atoms with Crippen molar-refractivity contribution in [1.29, 1.82) is 0 Å². The number of carbonyl (C=O) groups excluding carboxylic acids is 1. The van der Waals surface area contributed by atoms with E-state index >= 15 is 0 Å². The van der Waals surface area contributed by atoms with Crippen LogP contribution in [0.3, 0.4) is 0 Å². The first-order valence-corrected chi connectivity index (χ1v) is 36.1. The van der Waals surface area contributed by atoms with Gasteiger partial charge in [-0.25, -0.2) is 0 Å². The maximum Gasteiger partial charge on any atom is 0.141 e. The number of Topliss-reactive ketones (excluding diaryl/α,β-unsaturated/α-hetero) is 1. The van der Waals surface area contributed by atoms with Crippen LogP contribution < -0.4 is 0 Å². The van der Waals surface area contributed by atoms with Gasteiger partial charge in [0.25, 0.3) is 0 Å². The number of rotatable bonds is 11. The zero-order valence-corrected chi connectivity index (χ0v) is 43.0. The van der Waals surface area contributed by atoms with Crippen LogP contribution in [-0.2, 0) is 14.1 Å². The molecular formula is C22H49AcO5P13. The van der Waals surface area contributed by atoms with Crippen LogP contribution in [0.1, 0.15) is 60.8 Å². The van der Waals surface area contributed by atoms with Crippen molar-refractivity contribution in [2.75, 3.05) is 6.61 Å². The van der Waals surface area contributed by atoms with E-state index < -0.39 is 36.7 Å². The quantitative estimate of drug-likeness (QED) is 0.159. The van der Waals surface area contributed by atoms with Gasteiger partial charge >= 0.3 is 0 Å². The molecule has 5 nitrogen and oxygen atoms in total. The molecule has 1 saturated heterocycles. The first kappa shape index (κ1) is 43.4. The van der Waals surface area contributed by atoms with Crippen LogP contribution in [0.15, 0.2) is 11.6 Å². The summed E-state index contributed by atoms with van der Waals surface area (Å²) >= 11 is 0. The fourth-order valence-corrected chi connectivity index (χ4v) is 103. The van der Waals surface area contributed by atoms with Crippen LogP contribution in [0.25, 0.3) is 0 Å². The second-order valence-corrected chi connectivity index (χ2v) is 60.9. The minimum absolute atomic E-state index is 0.